The molecule has 2 rings (SSSR count). The summed E-state index contributed by atoms with van der Waals surface area (Å²) >= 11 is 3.34. The summed E-state index contributed by atoms with van der Waals surface area (Å²) in [5.74, 6) is -0.110. The average molecular weight is 301 g/mol. The normalized spacial score (nSPS) is 20.3. The highest BCUT2D eigenvalue weighted by Crippen LogP contribution is 2.26. The molecule has 1 aromatic carbocycles. The Labute approximate surface area is 111 Å². The predicted octanol–water partition coefficient (Wildman–Crippen LogP) is 2.86. The Hall–Kier alpha value is -0.610. The molecule has 0 aromatic heterocycles. The Morgan fingerprint density at radius 1 is 1.47 bits per heavy atom. The van der Waals surface area contributed by atoms with Gasteiger partial charge in [0, 0.05) is 24.5 Å². The van der Waals surface area contributed by atoms with Crippen molar-refractivity contribution in [2.45, 2.75) is 17.8 Å². The van der Waals surface area contributed by atoms with Gasteiger partial charge in [0.2, 0.25) is 0 Å². The monoisotopic (exact) mass is 300 g/mol. The zero-order valence-electron chi connectivity index (χ0n) is 10.3. The van der Waals surface area contributed by atoms with Gasteiger partial charge in [0.1, 0.15) is 5.82 Å². The fraction of sp³-hybridized carbons (Fsp3) is 0.538. The number of anilines is 1. The summed E-state index contributed by atoms with van der Waals surface area (Å²) in [6.07, 6.45) is 1.10. The molecule has 94 valence electrons. The van der Waals surface area contributed by atoms with Gasteiger partial charge >= 0.3 is 0 Å². The van der Waals surface area contributed by atoms with Crippen LogP contribution in [0.4, 0.5) is 10.1 Å². The van der Waals surface area contributed by atoms with Gasteiger partial charge in [-0.15, -0.1) is 0 Å². The fourth-order valence-electron chi connectivity index (χ4n) is 2.27. The van der Waals surface area contributed by atoms with Gasteiger partial charge in [0.25, 0.3) is 0 Å². The van der Waals surface area contributed by atoms with E-state index in [-0.39, 0.29) is 5.82 Å². The first-order chi connectivity index (χ1) is 8.11. The second-order valence-electron chi connectivity index (χ2n) is 4.77. The minimum Gasteiger partial charge on any atom is -0.368 e. The van der Waals surface area contributed by atoms with Crippen LogP contribution in [-0.2, 0) is 5.33 Å². The standard InChI is InChI=1S/C13H18BrFN2/c1-16(2)11-5-6-17(9-11)13-4-3-10(8-14)7-12(13)15/h3-4,7,11H,5-6,8-9H2,1-2H3. The average Bonchev–Trinajstić information content (AvgIpc) is 2.78. The van der Waals surface area contributed by atoms with Crippen LogP contribution in [0.3, 0.4) is 0 Å². The molecule has 1 saturated heterocycles. The summed E-state index contributed by atoms with van der Waals surface area (Å²) in [7, 11) is 4.16. The third kappa shape index (κ3) is 2.80. The third-order valence-corrected chi connectivity index (χ3v) is 4.05. The van der Waals surface area contributed by atoms with Crippen molar-refractivity contribution in [1.29, 1.82) is 0 Å². The number of hydrogen-bond acceptors (Lipinski definition) is 2. The predicted molar refractivity (Wildman–Crippen MR) is 73.3 cm³/mol. The van der Waals surface area contributed by atoms with E-state index in [4.69, 9.17) is 0 Å². The van der Waals surface area contributed by atoms with Crippen molar-refractivity contribution in [2.24, 2.45) is 0 Å². The van der Waals surface area contributed by atoms with E-state index in [0.29, 0.717) is 11.4 Å². The lowest BCUT2D eigenvalue weighted by Crippen LogP contribution is -2.31. The maximum absolute atomic E-state index is 13.9. The van der Waals surface area contributed by atoms with Gasteiger partial charge < -0.3 is 9.80 Å². The first kappa shape index (κ1) is 12.8. The first-order valence-corrected chi connectivity index (χ1v) is 6.99. The molecule has 1 heterocycles. The Bertz CT molecular complexity index is 395. The van der Waals surface area contributed by atoms with E-state index >= 15 is 0 Å². The van der Waals surface area contributed by atoms with E-state index in [9.17, 15) is 4.39 Å². The summed E-state index contributed by atoms with van der Waals surface area (Å²) in [6, 6.07) is 6.03. The summed E-state index contributed by atoms with van der Waals surface area (Å²) in [6.45, 7) is 1.85. The highest BCUT2D eigenvalue weighted by molar-refractivity contribution is 9.08. The molecule has 1 aliphatic rings. The zero-order valence-corrected chi connectivity index (χ0v) is 11.9. The number of halogens is 2. The molecule has 1 unspecified atom stereocenters. The molecule has 0 aliphatic carbocycles. The van der Waals surface area contributed by atoms with Crippen LogP contribution in [0.1, 0.15) is 12.0 Å². The lowest BCUT2D eigenvalue weighted by atomic mass is 10.2. The van der Waals surface area contributed by atoms with Crippen molar-refractivity contribution in [3.63, 3.8) is 0 Å². The third-order valence-electron chi connectivity index (χ3n) is 3.40. The molecule has 4 heteroatoms. The van der Waals surface area contributed by atoms with E-state index < -0.39 is 0 Å². The maximum Gasteiger partial charge on any atom is 0.146 e. The van der Waals surface area contributed by atoms with Crippen LogP contribution in [0.5, 0.6) is 0 Å². The number of hydrogen-bond donors (Lipinski definition) is 0. The van der Waals surface area contributed by atoms with Gasteiger partial charge in [0.15, 0.2) is 0 Å². The van der Waals surface area contributed by atoms with Crippen molar-refractivity contribution in [1.82, 2.24) is 4.90 Å². The lowest BCUT2D eigenvalue weighted by molar-refractivity contribution is 0.315. The molecule has 1 aromatic rings. The zero-order chi connectivity index (χ0) is 12.4. The smallest absolute Gasteiger partial charge is 0.146 e. The number of alkyl halides is 1. The fourth-order valence-corrected chi connectivity index (χ4v) is 2.62. The van der Waals surface area contributed by atoms with E-state index in [1.807, 2.05) is 12.1 Å². The van der Waals surface area contributed by atoms with Crippen LogP contribution in [-0.4, -0.2) is 38.1 Å². The van der Waals surface area contributed by atoms with Crippen LogP contribution in [0, 0.1) is 5.82 Å². The molecule has 17 heavy (non-hydrogen) atoms. The van der Waals surface area contributed by atoms with Crippen molar-refractivity contribution in [3.8, 4) is 0 Å². The van der Waals surface area contributed by atoms with Crippen LogP contribution in [0.2, 0.25) is 0 Å². The van der Waals surface area contributed by atoms with E-state index in [2.05, 4.69) is 39.8 Å². The Morgan fingerprint density at radius 3 is 2.76 bits per heavy atom. The van der Waals surface area contributed by atoms with E-state index in [0.717, 1.165) is 30.8 Å². The van der Waals surface area contributed by atoms with Gasteiger partial charge in [-0.1, -0.05) is 22.0 Å². The Kier molecular flexibility index (Phi) is 4.05. The SMILES string of the molecule is CN(C)C1CCN(c2ccc(CBr)cc2F)C1. The maximum atomic E-state index is 13.9. The molecule has 0 radical (unpaired) electrons. The lowest BCUT2D eigenvalue weighted by Gasteiger charge is -2.22. The van der Waals surface area contributed by atoms with Gasteiger partial charge in [-0.2, -0.15) is 0 Å². The highest BCUT2D eigenvalue weighted by Gasteiger charge is 2.25. The van der Waals surface area contributed by atoms with Crippen molar-refractivity contribution < 1.29 is 4.39 Å². The largest absolute Gasteiger partial charge is 0.368 e. The summed E-state index contributed by atoms with van der Waals surface area (Å²) < 4.78 is 13.9. The van der Waals surface area contributed by atoms with Crippen LogP contribution in [0.25, 0.3) is 0 Å². The molecule has 0 bridgehead atoms. The van der Waals surface area contributed by atoms with Crippen LogP contribution >= 0.6 is 15.9 Å². The number of rotatable bonds is 3. The van der Waals surface area contributed by atoms with Crippen molar-refractivity contribution in [3.05, 3.63) is 29.6 Å². The number of benzene rings is 1. The number of likely N-dealkylation sites (N-methyl/N-ethyl adjacent to an activating group) is 1. The highest BCUT2D eigenvalue weighted by atomic mass is 79.9. The molecular formula is C13H18BrFN2. The van der Waals surface area contributed by atoms with Crippen molar-refractivity contribution >= 4 is 21.6 Å². The summed E-state index contributed by atoms with van der Waals surface area (Å²) in [4.78, 5) is 4.35. The molecule has 2 nitrogen and oxygen atoms in total. The Balaban J connectivity index is 2.13. The second kappa shape index (κ2) is 5.36. The second-order valence-corrected chi connectivity index (χ2v) is 5.33. The molecule has 0 N–H and O–H groups in total. The van der Waals surface area contributed by atoms with Crippen LogP contribution in [0.15, 0.2) is 18.2 Å². The quantitative estimate of drug-likeness (QED) is 0.792. The Morgan fingerprint density at radius 2 is 2.24 bits per heavy atom. The molecule has 0 spiro atoms. The van der Waals surface area contributed by atoms with Gasteiger partial charge in [-0.05, 0) is 38.2 Å². The van der Waals surface area contributed by atoms with Crippen molar-refractivity contribution in [2.75, 3.05) is 32.1 Å². The van der Waals surface area contributed by atoms with Gasteiger partial charge in [0.05, 0.1) is 5.69 Å². The number of nitrogens with zero attached hydrogens (tertiary/aromatic N) is 2. The van der Waals surface area contributed by atoms with E-state index in [1.165, 1.54) is 0 Å². The van der Waals surface area contributed by atoms with Gasteiger partial charge in [-0.3, -0.25) is 0 Å². The van der Waals surface area contributed by atoms with Gasteiger partial charge in [-0.25, -0.2) is 4.39 Å². The minimum atomic E-state index is -0.110. The molecule has 1 fully saturated rings. The molecule has 0 saturated carbocycles. The van der Waals surface area contributed by atoms with E-state index in [1.54, 1.807) is 6.07 Å². The molecule has 1 aliphatic heterocycles. The molecular weight excluding hydrogens is 283 g/mol. The topological polar surface area (TPSA) is 6.48 Å². The summed E-state index contributed by atoms with van der Waals surface area (Å²) in [5, 5.41) is 0.699. The molecule has 1 atom stereocenters. The minimum absolute atomic E-state index is 0.110. The van der Waals surface area contributed by atoms with Crippen LogP contribution < -0.4 is 4.90 Å². The first-order valence-electron chi connectivity index (χ1n) is 5.87. The summed E-state index contributed by atoms with van der Waals surface area (Å²) in [5.41, 5.74) is 1.72. The molecule has 0 amide bonds.